The molecule has 28 heavy (non-hydrogen) atoms. The maximum absolute atomic E-state index is 12.2. The average Bonchev–Trinajstić information content (AvgIpc) is 2.58. The zero-order chi connectivity index (χ0) is 20.5. The lowest BCUT2D eigenvalue weighted by Gasteiger charge is -2.23. The molecule has 0 aromatic heterocycles. The number of sulfonamides is 1. The van der Waals surface area contributed by atoms with Crippen LogP contribution in [0.4, 0.5) is 0 Å². The smallest absolute Gasteiger partial charge is 0.215 e. The molecule has 0 heterocycles. The van der Waals surface area contributed by atoms with E-state index in [1.165, 1.54) is 4.31 Å². The van der Waals surface area contributed by atoms with Crippen LogP contribution in [0.3, 0.4) is 0 Å². The van der Waals surface area contributed by atoms with E-state index in [9.17, 15) is 8.42 Å². The normalized spacial score (nSPS) is 12.5. The van der Waals surface area contributed by atoms with Crippen molar-refractivity contribution in [2.45, 2.75) is 46.8 Å². The van der Waals surface area contributed by atoms with Gasteiger partial charge in [0.2, 0.25) is 10.0 Å². The third-order valence-electron chi connectivity index (χ3n) is 3.81. The van der Waals surface area contributed by atoms with Crippen LogP contribution in [-0.2, 0) is 16.6 Å². The first kappa shape index (κ1) is 26.9. The lowest BCUT2D eigenvalue weighted by molar-refractivity contribution is 0.129. The van der Waals surface area contributed by atoms with Crippen LogP contribution in [0.2, 0.25) is 0 Å². The van der Waals surface area contributed by atoms with Gasteiger partial charge in [0.1, 0.15) is 11.4 Å². The molecule has 0 radical (unpaired) electrons. The summed E-state index contributed by atoms with van der Waals surface area (Å²) in [6, 6.07) is 7.83. The van der Waals surface area contributed by atoms with Crippen LogP contribution >= 0.6 is 24.0 Å². The largest absolute Gasteiger partial charge is 0.488 e. The fourth-order valence-corrected chi connectivity index (χ4v) is 3.93. The zero-order valence-corrected chi connectivity index (χ0v) is 20.9. The van der Waals surface area contributed by atoms with Gasteiger partial charge in [-0.25, -0.2) is 12.7 Å². The highest BCUT2D eigenvalue weighted by Crippen LogP contribution is 2.22. The molecular weight excluding hydrogens is 491 g/mol. The van der Waals surface area contributed by atoms with E-state index >= 15 is 0 Å². The van der Waals surface area contributed by atoms with Gasteiger partial charge in [0, 0.05) is 38.8 Å². The molecule has 162 valence electrons. The fourth-order valence-electron chi connectivity index (χ4n) is 2.52. The minimum absolute atomic E-state index is 0. The summed E-state index contributed by atoms with van der Waals surface area (Å²) in [5.74, 6) is 1.39. The molecule has 0 spiro atoms. The Hall–Kier alpha value is -1.07. The Morgan fingerprint density at radius 3 is 2.29 bits per heavy atom. The van der Waals surface area contributed by atoms with Crippen LogP contribution in [0.1, 0.15) is 40.2 Å². The van der Waals surface area contributed by atoms with Crippen molar-refractivity contribution in [3.8, 4) is 5.75 Å². The van der Waals surface area contributed by atoms with E-state index < -0.39 is 10.0 Å². The highest BCUT2D eigenvalue weighted by atomic mass is 127. The number of rotatable bonds is 9. The summed E-state index contributed by atoms with van der Waals surface area (Å²) < 4.78 is 31.9. The van der Waals surface area contributed by atoms with Crippen LogP contribution in [-0.4, -0.2) is 56.7 Å². The van der Waals surface area contributed by atoms with Gasteiger partial charge in [-0.3, -0.25) is 4.99 Å². The Morgan fingerprint density at radius 2 is 1.75 bits per heavy atom. The molecule has 1 aromatic carbocycles. The van der Waals surface area contributed by atoms with Gasteiger partial charge in [-0.2, -0.15) is 0 Å². The number of guanidine groups is 1. The second-order valence-electron chi connectivity index (χ2n) is 7.08. The van der Waals surface area contributed by atoms with Gasteiger partial charge in [-0.05, 0) is 26.8 Å². The van der Waals surface area contributed by atoms with Crippen molar-refractivity contribution in [1.29, 1.82) is 0 Å². The summed E-state index contributed by atoms with van der Waals surface area (Å²) >= 11 is 0. The lowest BCUT2D eigenvalue weighted by Crippen LogP contribution is -2.42. The topological polar surface area (TPSA) is 83.0 Å². The Kier molecular flexibility index (Phi) is 12.0. The van der Waals surface area contributed by atoms with Gasteiger partial charge in [-0.1, -0.05) is 32.0 Å². The molecule has 0 atom stereocenters. The maximum atomic E-state index is 12.2. The molecular formula is C19H35IN4O3S. The minimum atomic E-state index is -3.25. The number of hydrogen-bond donors (Lipinski definition) is 2. The predicted molar refractivity (Wildman–Crippen MR) is 127 cm³/mol. The monoisotopic (exact) mass is 526 g/mol. The number of para-hydroxylation sites is 1. The van der Waals surface area contributed by atoms with Crippen LogP contribution < -0.4 is 15.4 Å². The number of benzene rings is 1. The number of hydrogen-bond acceptors (Lipinski definition) is 4. The SMILES string of the molecule is CCN(CC)S(=O)(=O)CCNC(=NC)NCc1ccccc1OC(C)(C)C.I. The van der Waals surface area contributed by atoms with E-state index in [1.54, 1.807) is 7.05 Å². The Balaban J connectivity index is 0.00000729. The van der Waals surface area contributed by atoms with Crippen molar-refractivity contribution < 1.29 is 13.2 Å². The van der Waals surface area contributed by atoms with Gasteiger partial charge in [-0.15, -0.1) is 24.0 Å². The number of nitrogens with zero attached hydrogens (tertiary/aromatic N) is 2. The minimum Gasteiger partial charge on any atom is -0.488 e. The molecule has 0 saturated carbocycles. The summed E-state index contributed by atoms with van der Waals surface area (Å²) in [6.07, 6.45) is 0. The van der Waals surface area contributed by atoms with Gasteiger partial charge < -0.3 is 15.4 Å². The number of ether oxygens (including phenoxy) is 1. The van der Waals surface area contributed by atoms with Crippen molar-refractivity contribution in [2.75, 3.05) is 32.4 Å². The van der Waals surface area contributed by atoms with Crippen LogP contribution in [0.5, 0.6) is 5.75 Å². The first-order valence-corrected chi connectivity index (χ1v) is 10.9. The van der Waals surface area contributed by atoms with E-state index in [1.807, 2.05) is 58.9 Å². The van der Waals surface area contributed by atoms with Gasteiger partial charge in [0.15, 0.2) is 5.96 Å². The highest BCUT2D eigenvalue weighted by molar-refractivity contribution is 14.0. The van der Waals surface area contributed by atoms with Gasteiger partial charge in [0.25, 0.3) is 0 Å². The molecule has 0 unspecified atom stereocenters. The molecule has 1 rings (SSSR count). The molecule has 0 fully saturated rings. The fraction of sp³-hybridized carbons (Fsp3) is 0.632. The molecule has 0 aliphatic rings. The number of aliphatic imine (C=N–C) groups is 1. The van der Waals surface area contributed by atoms with Crippen molar-refractivity contribution in [3.63, 3.8) is 0 Å². The van der Waals surface area contributed by atoms with Crippen molar-refractivity contribution >= 4 is 40.0 Å². The van der Waals surface area contributed by atoms with Crippen LogP contribution in [0, 0.1) is 0 Å². The molecule has 0 saturated heterocycles. The first-order chi connectivity index (χ1) is 12.6. The second kappa shape index (κ2) is 12.5. The zero-order valence-electron chi connectivity index (χ0n) is 17.8. The van der Waals surface area contributed by atoms with E-state index in [0.29, 0.717) is 32.1 Å². The third kappa shape index (κ3) is 9.42. The van der Waals surface area contributed by atoms with E-state index in [2.05, 4.69) is 15.6 Å². The van der Waals surface area contributed by atoms with Crippen molar-refractivity contribution in [2.24, 2.45) is 4.99 Å². The standard InChI is InChI=1S/C19H34N4O3S.HI/c1-7-23(8-2)27(24,25)14-13-21-18(20-6)22-15-16-11-9-10-12-17(16)26-19(3,4)5;/h9-12H,7-8,13-15H2,1-6H3,(H2,20,21,22);1H. The van der Waals surface area contributed by atoms with Gasteiger partial charge in [0.05, 0.1) is 5.75 Å². The lowest BCUT2D eigenvalue weighted by atomic mass is 10.1. The third-order valence-corrected chi connectivity index (χ3v) is 5.83. The number of halogens is 1. The van der Waals surface area contributed by atoms with E-state index in [4.69, 9.17) is 4.74 Å². The summed E-state index contributed by atoms with van der Waals surface area (Å²) in [6.45, 7) is 11.5. The Labute approximate surface area is 187 Å². The molecule has 0 aliphatic carbocycles. The summed E-state index contributed by atoms with van der Waals surface area (Å²) in [7, 11) is -1.59. The van der Waals surface area contributed by atoms with Crippen molar-refractivity contribution in [1.82, 2.24) is 14.9 Å². The van der Waals surface area contributed by atoms with E-state index in [0.717, 1.165) is 11.3 Å². The molecule has 0 amide bonds. The van der Waals surface area contributed by atoms with Crippen LogP contribution in [0.15, 0.2) is 29.3 Å². The highest BCUT2D eigenvalue weighted by Gasteiger charge is 2.18. The van der Waals surface area contributed by atoms with Crippen molar-refractivity contribution in [3.05, 3.63) is 29.8 Å². The molecule has 7 nitrogen and oxygen atoms in total. The predicted octanol–water partition coefficient (Wildman–Crippen LogP) is 2.82. The first-order valence-electron chi connectivity index (χ1n) is 9.32. The number of nitrogens with one attached hydrogen (secondary N) is 2. The quantitative estimate of drug-likeness (QED) is 0.294. The molecule has 9 heteroatoms. The summed E-state index contributed by atoms with van der Waals surface area (Å²) in [5.41, 5.74) is 0.723. The van der Waals surface area contributed by atoms with E-state index in [-0.39, 0.29) is 35.3 Å². The maximum Gasteiger partial charge on any atom is 0.215 e. The van der Waals surface area contributed by atoms with Gasteiger partial charge >= 0.3 is 0 Å². The average molecular weight is 526 g/mol. The molecule has 1 aromatic rings. The molecule has 2 N–H and O–H groups in total. The summed E-state index contributed by atoms with van der Waals surface area (Å²) in [4.78, 5) is 4.16. The van der Waals surface area contributed by atoms with Crippen LogP contribution in [0.25, 0.3) is 0 Å². The Bertz CT molecular complexity index is 714. The second-order valence-corrected chi connectivity index (χ2v) is 9.16. The Morgan fingerprint density at radius 1 is 1.14 bits per heavy atom. The molecule has 0 bridgehead atoms. The summed E-state index contributed by atoms with van der Waals surface area (Å²) in [5, 5.41) is 6.26. The molecule has 0 aliphatic heterocycles.